The van der Waals surface area contributed by atoms with Gasteiger partial charge < -0.3 is 18.8 Å². The van der Waals surface area contributed by atoms with Crippen molar-refractivity contribution < 1.29 is 19.0 Å². The van der Waals surface area contributed by atoms with Gasteiger partial charge in [0.05, 0.1) is 16.8 Å². The molecule has 1 aliphatic rings. The Morgan fingerprint density at radius 1 is 1.25 bits per heavy atom. The minimum absolute atomic E-state index is 0.178. The van der Waals surface area contributed by atoms with Gasteiger partial charge in [0.2, 0.25) is 6.79 Å². The maximum atomic E-state index is 12.8. The number of carbonyl (C=O) groups is 1. The van der Waals surface area contributed by atoms with Gasteiger partial charge in [-0.05, 0) is 49.6 Å². The number of hydrogen-bond acceptors (Lipinski definition) is 6. The smallest absolute Gasteiger partial charge is 0.279 e. The highest BCUT2D eigenvalue weighted by atomic mass is 32.2. The number of aromatic nitrogens is 1. The van der Waals surface area contributed by atoms with Crippen LogP contribution in [0.5, 0.6) is 17.2 Å². The SMILES string of the molecule is CCOc1ccc2c(c1)sc(=NC(=O)c1ccc3c(c1)OCO3)n2CCSC. The van der Waals surface area contributed by atoms with Crippen LogP contribution in [0.4, 0.5) is 0 Å². The molecule has 146 valence electrons. The van der Waals surface area contributed by atoms with Crippen molar-refractivity contribution >= 4 is 39.2 Å². The van der Waals surface area contributed by atoms with E-state index < -0.39 is 0 Å². The fourth-order valence-electron chi connectivity index (χ4n) is 2.97. The number of carbonyl (C=O) groups excluding carboxylic acids is 1. The van der Waals surface area contributed by atoms with Crippen molar-refractivity contribution in [3.63, 3.8) is 0 Å². The van der Waals surface area contributed by atoms with E-state index >= 15 is 0 Å². The number of amides is 1. The van der Waals surface area contributed by atoms with E-state index in [0.29, 0.717) is 28.5 Å². The van der Waals surface area contributed by atoms with Crippen LogP contribution in [0.2, 0.25) is 0 Å². The van der Waals surface area contributed by atoms with Gasteiger partial charge >= 0.3 is 0 Å². The second-order valence-corrected chi connectivity index (χ2v) is 8.07. The molecule has 0 atom stereocenters. The number of rotatable bonds is 6. The van der Waals surface area contributed by atoms with Crippen molar-refractivity contribution in [2.24, 2.45) is 4.99 Å². The topological polar surface area (TPSA) is 62.1 Å². The van der Waals surface area contributed by atoms with E-state index in [1.54, 1.807) is 30.0 Å². The molecule has 8 heteroatoms. The average molecular weight is 417 g/mol. The highest BCUT2D eigenvalue weighted by Crippen LogP contribution is 2.32. The molecule has 4 rings (SSSR count). The van der Waals surface area contributed by atoms with E-state index in [9.17, 15) is 4.79 Å². The molecule has 1 aliphatic heterocycles. The van der Waals surface area contributed by atoms with Crippen LogP contribution in [0.3, 0.4) is 0 Å². The molecule has 0 saturated carbocycles. The number of nitrogens with zero attached hydrogens (tertiary/aromatic N) is 2. The first kappa shape index (κ1) is 18.9. The Morgan fingerprint density at radius 2 is 2.11 bits per heavy atom. The van der Waals surface area contributed by atoms with Gasteiger partial charge in [0.15, 0.2) is 16.3 Å². The van der Waals surface area contributed by atoms with E-state index in [4.69, 9.17) is 14.2 Å². The number of benzene rings is 2. The fourth-order valence-corrected chi connectivity index (χ4v) is 4.42. The number of aryl methyl sites for hydroxylation is 1. The van der Waals surface area contributed by atoms with Crippen LogP contribution in [0.1, 0.15) is 17.3 Å². The van der Waals surface area contributed by atoms with Crippen molar-refractivity contribution in [1.29, 1.82) is 0 Å². The van der Waals surface area contributed by atoms with Crippen LogP contribution in [-0.4, -0.2) is 35.9 Å². The summed E-state index contributed by atoms with van der Waals surface area (Å²) in [5.41, 5.74) is 1.54. The molecular weight excluding hydrogens is 396 g/mol. The molecule has 3 aromatic rings. The Balaban J connectivity index is 1.75. The van der Waals surface area contributed by atoms with Crippen LogP contribution in [0.25, 0.3) is 10.2 Å². The molecule has 0 aliphatic carbocycles. The third-order valence-electron chi connectivity index (χ3n) is 4.30. The lowest BCUT2D eigenvalue weighted by Gasteiger charge is -2.05. The van der Waals surface area contributed by atoms with Crippen molar-refractivity contribution in [2.45, 2.75) is 13.5 Å². The van der Waals surface area contributed by atoms with Crippen LogP contribution in [-0.2, 0) is 6.54 Å². The van der Waals surface area contributed by atoms with Gasteiger partial charge in [-0.1, -0.05) is 11.3 Å². The minimum Gasteiger partial charge on any atom is -0.494 e. The lowest BCUT2D eigenvalue weighted by Crippen LogP contribution is -2.18. The van der Waals surface area contributed by atoms with Crippen LogP contribution in [0.15, 0.2) is 41.4 Å². The third-order valence-corrected chi connectivity index (χ3v) is 5.93. The number of hydrogen-bond donors (Lipinski definition) is 0. The molecular formula is C20H20N2O4S2. The lowest BCUT2D eigenvalue weighted by atomic mass is 10.2. The predicted molar refractivity (Wildman–Crippen MR) is 112 cm³/mol. The molecule has 0 radical (unpaired) electrons. The highest BCUT2D eigenvalue weighted by molar-refractivity contribution is 7.98. The first-order valence-electron chi connectivity index (χ1n) is 8.93. The summed E-state index contributed by atoms with van der Waals surface area (Å²) in [5, 5.41) is 0. The maximum Gasteiger partial charge on any atom is 0.279 e. The Bertz CT molecular complexity index is 1090. The van der Waals surface area contributed by atoms with Crippen LogP contribution >= 0.6 is 23.1 Å². The van der Waals surface area contributed by atoms with E-state index in [-0.39, 0.29) is 12.7 Å². The third kappa shape index (κ3) is 3.74. The number of ether oxygens (including phenoxy) is 3. The number of fused-ring (bicyclic) bond motifs is 2. The zero-order valence-corrected chi connectivity index (χ0v) is 17.3. The van der Waals surface area contributed by atoms with Gasteiger partial charge in [-0.15, -0.1) is 0 Å². The van der Waals surface area contributed by atoms with Gasteiger partial charge in [-0.25, -0.2) is 0 Å². The predicted octanol–water partition coefficient (Wildman–Crippen LogP) is 3.93. The molecule has 0 N–H and O–H groups in total. The Kier molecular flexibility index (Phi) is 5.59. The van der Waals surface area contributed by atoms with Gasteiger partial charge in [0.25, 0.3) is 5.91 Å². The fraction of sp³-hybridized carbons (Fsp3) is 0.300. The second-order valence-electron chi connectivity index (χ2n) is 6.08. The Labute approximate surface area is 170 Å². The molecule has 2 aromatic carbocycles. The summed E-state index contributed by atoms with van der Waals surface area (Å²) in [5.74, 6) is 2.69. The minimum atomic E-state index is -0.298. The molecule has 0 fully saturated rings. The molecule has 0 bridgehead atoms. The lowest BCUT2D eigenvalue weighted by molar-refractivity contribution is 0.0997. The largest absolute Gasteiger partial charge is 0.494 e. The summed E-state index contributed by atoms with van der Waals surface area (Å²) in [7, 11) is 0. The Hall–Kier alpha value is -2.45. The highest BCUT2D eigenvalue weighted by Gasteiger charge is 2.16. The maximum absolute atomic E-state index is 12.8. The summed E-state index contributed by atoms with van der Waals surface area (Å²) in [6.45, 7) is 3.53. The van der Waals surface area contributed by atoms with Crippen LogP contribution in [0, 0.1) is 0 Å². The summed E-state index contributed by atoms with van der Waals surface area (Å²) < 4.78 is 19.4. The molecule has 0 saturated heterocycles. The van der Waals surface area contributed by atoms with Crippen molar-refractivity contribution in [3.05, 3.63) is 46.8 Å². The van der Waals surface area contributed by atoms with Gasteiger partial charge in [0, 0.05) is 17.9 Å². The zero-order valence-electron chi connectivity index (χ0n) is 15.6. The summed E-state index contributed by atoms with van der Waals surface area (Å²) in [4.78, 5) is 17.9. The summed E-state index contributed by atoms with van der Waals surface area (Å²) in [6, 6.07) is 11.1. The summed E-state index contributed by atoms with van der Waals surface area (Å²) in [6.07, 6.45) is 2.07. The van der Waals surface area contributed by atoms with Crippen LogP contribution < -0.4 is 19.0 Å². The first-order valence-corrected chi connectivity index (χ1v) is 11.1. The first-order chi connectivity index (χ1) is 13.7. The van der Waals surface area contributed by atoms with Gasteiger partial charge in [-0.3, -0.25) is 4.79 Å². The Morgan fingerprint density at radius 3 is 2.93 bits per heavy atom. The van der Waals surface area contributed by atoms with Crippen molar-refractivity contribution in [2.75, 3.05) is 25.4 Å². The molecule has 6 nitrogen and oxygen atoms in total. The molecule has 0 spiro atoms. The quantitative estimate of drug-likeness (QED) is 0.609. The molecule has 1 aromatic heterocycles. The van der Waals surface area contributed by atoms with E-state index in [1.165, 1.54) is 11.3 Å². The normalized spacial score (nSPS) is 13.3. The molecule has 1 amide bonds. The van der Waals surface area contributed by atoms with Gasteiger partial charge in [0.1, 0.15) is 5.75 Å². The second kappa shape index (κ2) is 8.28. The molecule has 0 unspecified atom stereocenters. The van der Waals surface area contributed by atoms with E-state index in [2.05, 4.69) is 15.8 Å². The molecule has 28 heavy (non-hydrogen) atoms. The monoisotopic (exact) mass is 416 g/mol. The standard InChI is InChI=1S/C20H20N2O4S2/c1-3-24-14-5-6-15-18(11-14)28-20(22(15)8-9-27-2)21-19(23)13-4-7-16-17(10-13)26-12-25-16/h4-7,10-11H,3,8-9,12H2,1-2H3. The van der Waals surface area contributed by atoms with Crippen molar-refractivity contribution in [3.8, 4) is 17.2 Å². The number of thiazole rings is 1. The summed E-state index contributed by atoms with van der Waals surface area (Å²) >= 11 is 3.25. The van der Waals surface area contributed by atoms with Crippen molar-refractivity contribution in [1.82, 2.24) is 4.57 Å². The average Bonchev–Trinajstić information content (AvgIpc) is 3.29. The van der Waals surface area contributed by atoms with E-state index in [1.807, 2.05) is 25.1 Å². The van der Waals surface area contributed by atoms with Gasteiger partial charge in [-0.2, -0.15) is 16.8 Å². The molecule has 2 heterocycles. The number of thioether (sulfide) groups is 1. The van der Waals surface area contributed by atoms with E-state index in [0.717, 1.165) is 28.3 Å². The zero-order chi connectivity index (χ0) is 19.5.